The van der Waals surface area contributed by atoms with E-state index in [9.17, 15) is 4.79 Å². The van der Waals surface area contributed by atoms with Crippen LogP contribution in [0.3, 0.4) is 0 Å². The summed E-state index contributed by atoms with van der Waals surface area (Å²) in [6, 6.07) is 0. The molecular weight excluding hydrogens is 202 g/mol. The fourth-order valence-corrected chi connectivity index (χ4v) is 1.99. The zero-order chi connectivity index (χ0) is 12.0. The van der Waals surface area contributed by atoms with Crippen LogP contribution in [0, 0.1) is 11.3 Å². The van der Waals surface area contributed by atoms with Gasteiger partial charge in [0, 0.05) is 26.2 Å². The van der Waals surface area contributed by atoms with Gasteiger partial charge in [-0.3, -0.25) is 4.79 Å². The van der Waals surface area contributed by atoms with Crippen molar-refractivity contribution in [1.82, 2.24) is 5.32 Å². The highest BCUT2D eigenvalue weighted by atomic mass is 16.5. The van der Waals surface area contributed by atoms with Crippen molar-refractivity contribution in [1.29, 1.82) is 0 Å². The minimum atomic E-state index is 0.0861. The summed E-state index contributed by atoms with van der Waals surface area (Å²) in [6.45, 7) is 8.86. The molecule has 1 rings (SSSR count). The molecule has 1 N–H and O–H groups in total. The summed E-state index contributed by atoms with van der Waals surface area (Å²) in [6.07, 6.45) is 4.00. The van der Waals surface area contributed by atoms with Crippen LogP contribution in [0.25, 0.3) is 0 Å². The number of carbonyl (C=O) groups excluding carboxylic acids is 1. The lowest BCUT2D eigenvalue weighted by molar-refractivity contribution is -0.122. The minimum absolute atomic E-state index is 0.0861. The third kappa shape index (κ3) is 6.11. The Morgan fingerprint density at radius 3 is 2.50 bits per heavy atom. The first kappa shape index (κ1) is 13.5. The minimum Gasteiger partial charge on any atom is -0.381 e. The normalized spacial score (nSPS) is 18.4. The first-order chi connectivity index (χ1) is 7.47. The number of hydrogen-bond acceptors (Lipinski definition) is 2. The molecule has 1 saturated heterocycles. The zero-order valence-corrected chi connectivity index (χ0v) is 10.8. The molecule has 1 heterocycles. The van der Waals surface area contributed by atoms with Crippen molar-refractivity contribution in [2.45, 2.75) is 46.5 Å². The molecule has 94 valence electrons. The molecule has 3 heteroatoms. The van der Waals surface area contributed by atoms with Gasteiger partial charge >= 0.3 is 0 Å². The molecule has 0 saturated carbocycles. The van der Waals surface area contributed by atoms with Gasteiger partial charge in [-0.05, 0) is 30.6 Å². The molecule has 1 amide bonds. The van der Waals surface area contributed by atoms with Crippen LogP contribution in [-0.4, -0.2) is 25.7 Å². The second kappa shape index (κ2) is 6.24. The van der Waals surface area contributed by atoms with Gasteiger partial charge in [0.25, 0.3) is 0 Å². The first-order valence-electron chi connectivity index (χ1n) is 6.32. The van der Waals surface area contributed by atoms with E-state index in [-0.39, 0.29) is 11.3 Å². The smallest absolute Gasteiger partial charge is 0.220 e. The number of hydrogen-bond donors (Lipinski definition) is 1. The van der Waals surface area contributed by atoms with E-state index in [4.69, 9.17) is 4.74 Å². The molecule has 0 spiro atoms. The van der Waals surface area contributed by atoms with E-state index in [1.165, 1.54) is 0 Å². The van der Waals surface area contributed by atoms with Gasteiger partial charge in [-0.15, -0.1) is 0 Å². The standard InChI is InChI=1S/C13H25NO2/c1-13(2,3)10-12(15)14-7-4-11-5-8-16-9-6-11/h11H,4-10H2,1-3H3,(H,14,15). The maximum atomic E-state index is 11.6. The summed E-state index contributed by atoms with van der Waals surface area (Å²) < 4.78 is 5.31. The first-order valence-corrected chi connectivity index (χ1v) is 6.32. The maximum absolute atomic E-state index is 11.6. The Hall–Kier alpha value is -0.570. The molecule has 0 radical (unpaired) electrons. The second-order valence-corrected chi connectivity index (χ2v) is 5.93. The van der Waals surface area contributed by atoms with Gasteiger partial charge in [-0.25, -0.2) is 0 Å². The van der Waals surface area contributed by atoms with Crippen molar-refractivity contribution >= 4 is 5.91 Å². The Kier molecular flexibility index (Phi) is 5.26. The molecule has 0 aromatic rings. The fourth-order valence-electron chi connectivity index (χ4n) is 1.99. The highest BCUT2D eigenvalue weighted by Gasteiger charge is 2.17. The third-order valence-electron chi connectivity index (χ3n) is 2.91. The number of ether oxygens (including phenoxy) is 1. The van der Waals surface area contributed by atoms with E-state index in [0.717, 1.165) is 44.9 Å². The van der Waals surface area contributed by atoms with Crippen LogP contribution in [0.15, 0.2) is 0 Å². The van der Waals surface area contributed by atoms with Gasteiger partial charge in [0.1, 0.15) is 0 Å². The van der Waals surface area contributed by atoms with E-state index in [1.54, 1.807) is 0 Å². The number of nitrogens with one attached hydrogen (secondary N) is 1. The highest BCUT2D eigenvalue weighted by molar-refractivity contribution is 5.76. The highest BCUT2D eigenvalue weighted by Crippen LogP contribution is 2.19. The zero-order valence-electron chi connectivity index (χ0n) is 10.8. The molecular formula is C13H25NO2. The molecule has 0 aromatic carbocycles. The predicted octanol–water partition coefficient (Wildman–Crippen LogP) is 2.36. The Balaban J connectivity index is 2.08. The van der Waals surface area contributed by atoms with E-state index in [0.29, 0.717) is 6.42 Å². The van der Waals surface area contributed by atoms with Crippen LogP contribution in [0.5, 0.6) is 0 Å². The van der Waals surface area contributed by atoms with Crippen LogP contribution in [0.1, 0.15) is 46.5 Å². The Labute approximate surface area is 98.9 Å². The van der Waals surface area contributed by atoms with Crippen LogP contribution < -0.4 is 5.32 Å². The molecule has 0 aliphatic carbocycles. The average molecular weight is 227 g/mol. The number of rotatable bonds is 4. The van der Waals surface area contributed by atoms with E-state index in [2.05, 4.69) is 26.1 Å². The quantitative estimate of drug-likeness (QED) is 0.800. The molecule has 1 fully saturated rings. The second-order valence-electron chi connectivity index (χ2n) is 5.93. The van der Waals surface area contributed by atoms with Crippen LogP contribution >= 0.6 is 0 Å². The van der Waals surface area contributed by atoms with Crippen LogP contribution in [0.4, 0.5) is 0 Å². The Morgan fingerprint density at radius 2 is 1.94 bits per heavy atom. The molecule has 1 aliphatic rings. The predicted molar refractivity (Wildman–Crippen MR) is 65.2 cm³/mol. The van der Waals surface area contributed by atoms with Crippen LogP contribution in [-0.2, 0) is 9.53 Å². The number of carbonyl (C=O) groups is 1. The lowest BCUT2D eigenvalue weighted by Crippen LogP contribution is -2.30. The van der Waals surface area contributed by atoms with Crippen molar-refractivity contribution in [3.8, 4) is 0 Å². The number of amides is 1. The van der Waals surface area contributed by atoms with E-state index >= 15 is 0 Å². The van der Waals surface area contributed by atoms with Crippen molar-refractivity contribution < 1.29 is 9.53 Å². The van der Waals surface area contributed by atoms with Gasteiger partial charge in [0.15, 0.2) is 0 Å². The summed E-state index contributed by atoms with van der Waals surface area (Å²) in [5.41, 5.74) is 0.0861. The van der Waals surface area contributed by atoms with E-state index in [1.807, 2.05) is 0 Å². The van der Waals surface area contributed by atoms with Gasteiger partial charge in [0.05, 0.1) is 0 Å². The van der Waals surface area contributed by atoms with Gasteiger partial charge in [-0.1, -0.05) is 20.8 Å². The van der Waals surface area contributed by atoms with Crippen molar-refractivity contribution in [3.05, 3.63) is 0 Å². The third-order valence-corrected chi connectivity index (χ3v) is 2.91. The molecule has 0 aromatic heterocycles. The monoisotopic (exact) mass is 227 g/mol. The van der Waals surface area contributed by atoms with E-state index < -0.39 is 0 Å². The summed E-state index contributed by atoms with van der Waals surface area (Å²) >= 11 is 0. The van der Waals surface area contributed by atoms with Gasteiger partial charge in [0.2, 0.25) is 5.91 Å². The average Bonchev–Trinajstić information content (AvgIpc) is 2.16. The molecule has 16 heavy (non-hydrogen) atoms. The summed E-state index contributed by atoms with van der Waals surface area (Å²) in [5.74, 6) is 0.920. The lowest BCUT2D eigenvalue weighted by Gasteiger charge is -2.22. The molecule has 1 aliphatic heterocycles. The lowest BCUT2D eigenvalue weighted by atomic mass is 9.92. The molecule has 0 atom stereocenters. The Bertz CT molecular complexity index is 214. The summed E-state index contributed by atoms with van der Waals surface area (Å²) in [7, 11) is 0. The van der Waals surface area contributed by atoms with Crippen molar-refractivity contribution in [3.63, 3.8) is 0 Å². The largest absolute Gasteiger partial charge is 0.381 e. The van der Waals surface area contributed by atoms with Crippen LogP contribution in [0.2, 0.25) is 0 Å². The molecule has 3 nitrogen and oxygen atoms in total. The van der Waals surface area contributed by atoms with Crippen molar-refractivity contribution in [2.24, 2.45) is 11.3 Å². The summed E-state index contributed by atoms with van der Waals surface area (Å²) in [4.78, 5) is 11.6. The summed E-state index contributed by atoms with van der Waals surface area (Å²) in [5, 5.41) is 3.01. The van der Waals surface area contributed by atoms with Gasteiger partial charge in [-0.2, -0.15) is 0 Å². The van der Waals surface area contributed by atoms with Gasteiger partial charge < -0.3 is 10.1 Å². The Morgan fingerprint density at radius 1 is 1.31 bits per heavy atom. The molecule has 0 bridgehead atoms. The maximum Gasteiger partial charge on any atom is 0.220 e. The molecule has 0 unspecified atom stereocenters. The SMILES string of the molecule is CC(C)(C)CC(=O)NCCC1CCOCC1. The van der Waals surface area contributed by atoms with Crippen molar-refractivity contribution in [2.75, 3.05) is 19.8 Å². The fraction of sp³-hybridized carbons (Fsp3) is 0.923. The topological polar surface area (TPSA) is 38.3 Å².